The summed E-state index contributed by atoms with van der Waals surface area (Å²) in [6.07, 6.45) is 6.95. The molecular formula is C25H26BrN5O. The van der Waals surface area contributed by atoms with Gasteiger partial charge in [-0.3, -0.25) is 4.90 Å². The van der Waals surface area contributed by atoms with E-state index in [9.17, 15) is 4.91 Å². The van der Waals surface area contributed by atoms with Crippen molar-refractivity contribution in [3.05, 3.63) is 86.5 Å². The largest absolute Gasteiger partial charge is 0.336 e. The van der Waals surface area contributed by atoms with E-state index in [1.807, 2.05) is 24.5 Å². The van der Waals surface area contributed by atoms with Gasteiger partial charge in [0.25, 0.3) is 0 Å². The second-order valence-electron chi connectivity index (χ2n) is 8.66. The van der Waals surface area contributed by atoms with Crippen molar-refractivity contribution >= 4 is 27.6 Å². The molecule has 6 nitrogen and oxygen atoms in total. The van der Waals surface area contributed by atoms with Gasteiger partial charge in [0.1, 0.15) is 5.69 Å². The minimum atomic E-state index is 0.505. The number of nitrogens with zero attached hydrogens (tertiary/aromatic N) is 5. The van der Waals surface area contributed by atoms with E-state index in [4.69, 9.17) is 0 Å². The van der Waals surface area contributed by atoms with Crippen molar-refractivity contribution in [3.8, 4) is 0 Å². The van der Waals surface area contributed by atoms with E-state index in [2.05, 4.69) is 71.2 Å². The molecule has 1 saturated heterocycles. The summed E-state index contributed by atoms with van der Waals surface area (Å²) < 4.78 is 0.903. The monoisotopic (exact) mass is 491 g/mol. The van der Waals surface area contributed by atoms with Gasteiger partial charge in [0.15, 0.2) is 0 Å². The highest BCUT2D eigenvalue weighted by Gasteiger charge is 2.24. The quantitative estimate of drug-likeness (QED) is 0.436. The average molecular weight is 492 g/mol. The molecule has 7 heteroatoms. The van der Waals surface area contributed by atoms with Gasteiger partial charge in [-0.2, -0.15) is 0 Å². The zero-order valence-electron chi connectivity index (χ0n) is 18.0. The number of piperidine rings is 1. The summed E-state index contributed by atoms with van der Waals surface area (Å²) in [4.78, 5) is 24.4. The highest BCUT2D eigenvalue weighted by molar-refractivity contribution is 9.10. The van der Waals surface area contributed by atoms with Gasteiger partial charge in [-0.05, 0) is 93.8 Å². The maximum Gasteiger partial charge on any atom is 0.225 e. The van der Waals surface area contributed by atoms with Crippen LogP contribution < -0.4 is 4.90 Å². The topological polar surface area (TPSA) is 61.7 Å². The molecule has 164 valence electrons. The first kappa shape index (κ1) is 21.2. The molecule has 0 N–H and O–H groups in total. The van der Waals surface area contributed by atoms with Crippen molar-refractivity contribution in [1.82, 2.24) is 14.9 Å². The molecule has 0 bridgehead atoms. The molecule has 0 unspecified atom stereocenters. The second kappa shape index (κ2) is 9.46. The van der Waals surface area contributed by atoms with Gasteiger partial charge >= 0.3 is 0 Å². The van der Waals surface area contributed by atoms with Crippen LogP contribution in [0.1, 0.15) is 41.0 Å². The lowest BCUT2D eigenvalue weighted by Crippen LogP contribution is -2.35. The lowest BCUT2D eigenvalue weighted by Gasteiger charge is -2.34. The number of likely N-dealkylation sites (tertiary alicyclic amines) is 1. The Morgan fingerprint density at radius 1 is 1.00 bits per heavy atom. The highest BCUT2D eigenvalue weighted by atomic mass is 79.9. The SMILES string of the molecule is O=Nc1ccc(C2CCN(Cc3cccc4c3CCN(c3ncc(Br)cn3)C4)CC2)cc1. The normalized spacial score (nSPS) is 17.2. The van der Waals surface area contributed by atoms with Crippen LogP contribution in [0.2, 0.25) is 0 Å². The van der Waals surface area contributed by atoms with Crippen LogP contribution in [0.3, 0.4) is 0 Å². The fourth-order valence-corrected chi connectivity index (χ4v) is 5.15. The summed E-state index contributed by atoms with van der Waals surface area (Å²) in [5.74, 6) is 1.36. The molecular weight excluding hydrogens is 466 g/mol. The molecule has 2 aromatic carbocycles. The van der Waals surface area contributed by atoms with Crippen molar-refractivity contribution in [2.75, 3.05) is 24.5 Å². The van der Waals surface area contributed by atoms with Crippen molar-refractivity contribution in [2.24, 2.45) is 5.18 Å². The van der Waals surface area contributed by atoms with Crippen LogP contribution in [0.15, 0.2) is 64.5 Å². The third-order valence-electron chi connectivity index (χ3n) is 6.70. The molecule has 2 aliphatic heterocycles. The molecule has 0 aliphatic carbocycles. The molecule has 2 aliphatic rings. The molecule has 0 atom stereocenters. The van der Waals surface area contributed by atoms with E-state index in [1.165, 1.54) is 22.3 Å². The van der Waals surface area contributed by atoms with E-state index in [1.54, 1.807) is 0 Å². The van der Waals surface area contributed by atoms with E-state index in [0.717, 1.165) is 62.4 Å². The van der Waals surface area contributed by atoms with Gasteiger partial charge in [0.05, 0.1) is 4.47 Å². The summed E-state index contributed by atoms with van der Waals surface area (Å²) in [6.45, 7) is 5.01. The van der Waals surface area contributed by atoms with Gasteiger partial charge in [-0.1, -0.05) is 30.3 Å². The van der Waals surface area contributed by atoms with Gasteiger partial charge in [0.2, 0.25) is 5.95 Å². The summed E-state index contributed by atoms with van der Waals surface area (Å²) >= 11 is 3.41. The van der Waals surface area contributed by atoms with Crippen LogP contribution in [0.5, 0.6) is 0 Å². The number of hydrogen-bond acceptors (Lipinski definition) is 6. The van der Waals surface area contributed by atoms with Crippen LogP contribution in [0.4, 0.5) is 11.6 Å². The Kier molecular flexibility index (Phi) is 6.28. The maximum atomic E-state index is 10.6. The summed E-state index contributed by atoms with van der Waals surface area (Å²) in [7, 11) is 0. The Morgan fingerprint density at radius 3 is 2.47 bits per heavy atom. The molecule has 0 saturated carbocycles. The average Bonchev–Trinajstić information content (AvgIpc) is 2.85. The van der Waals surface area contributed by atoms with Crippen molar-refractivity contribution in [1.29, 1.82) is 0 Å². The predicted octanol–water partition coefficient (Wildman–Crippen LogP) is 5.58. The molecule has 3 aromatic rings. The summed E-state index contributed by atoms with van der Waals surface area (Å²) in [5.41, 5.74) is 6.17. The lowest BCUT2D eigenvalue weighted by molar-refractivity contribution is 0.204. The molecule has 32 heavy (non-hydrogen) atoms. The standard InChI is InChI=1S/C25H26BrN5O/c26-22-14-27-25(28-15-22)31-13-10-24-20(2-1-3-21(24)17-31)16-30-11-8-19(9-12-30)18-4-6-23(29-32)7-5-18/h1-7,14-15,19H,8-13,16-17H2. The van der Waals surface area contributed by atoms with Crippen LogP contribution in [0.25, 0.3) is 0 Å². The highest BCUT2D eigenvalue weighted by Crippen LogP contribution is 2.31. The van der Waals surface area contributed by atoms with E-state index >= 15 is 0 Å². The van der Waals surface area contributed by atoms with Gasteiger partial charge in [-0.25, -0.2) is 9.97 Å². The number of aromatic nitrogens is 2. The number of benzene rings is 2. The van der Waals surface area contributed by atoms with Crippen LogP contribution >= 0.6 is 15.9 Å². The number of hydrogen-bond donors (Lipinski definition) is 0. The van der Waals surface area contributed by atoms with E-state index in [0.29, 0.717) is 11.6 Å². The Bertz CT molecular complexity index is 1080. The fraction of sp³-hybridized carbons (Fsp3) is 0.360. The molecule has 0 radical (unpaired) electrons. The third-order valence-corrected chi connectivity index (χ3v) is 7.11. The van der Waals surface area contributed by atoms with E-state index in [-0.39, 0.29) is 0 Å². The first-order chi connectivity index (χ1) is 15.7. The Hall–Kier alpha value is -2.64. The number of anilines is 1. The van der Waals surface area contributed by atoms with Crippen LogP contribution in [-0.2, 0) is 19.5 Å². The predicted molar refractivity (Wildman–Crippen MR) is 130 cm³/mol. The number of halogens is 1. The van der Waals surface area contributed by atoms with E-state index < -0.39 is 0 Å². The Balaban J connectivity index is 1.22. The minimum Gasteiger partial charge on any atom is -0.336 e. The Morgan fingerprint density at radius 2 is 1.75 bits per heavy atom. The lowest BCUT2D eigenvalue weighted by atomic mass is 9.88. The molecule has 0 spiro atoms. The number of fused-ring (bicyclic) bond motifs is 1. The van der Waals surface area contributed by atoms with Crippen LogP contribution in [-0.4, -0.2) is 34.5 Å². The number of nitroso groups, excluding NO2 is 1. The van der Waals surface area contributed by atoms with Crippen molar-refractivity contribution < 1.29 is 0 Å². The smallest absolute Gasteiger partial charge is 0.225 e. The minimum absolute atomic E-state index is 0.505. The molecule has 0 amide bonds. The Labute approximate surface area is 196 Å². The van der Waals surface area contributed by atoms with Gasteiger partial charge in [0, 0.05) is 32.0 Å². The van der Waals surface area contributed by atoms with Crippen molar-refractivity contribution in [2.45, 2.75) is 38.3 Å². The summed E-state index contributed by atoms with van der Waals surface area (Å²) in [5, 5.41) is 3.01. The van der Waals surface area contributed by atoms with Gasteiger partial charge < -0.3 is 4.90 Å². The molecule has 1 aromatic heterocycles. The molecule has 5 rings (SSSR count). The molecule has 3 heterocycles. The zero-order chi connectivity index (χ0) is 21.9. The third kappa shape index (κ3) is 4.59. The van der Waals surface area contributed by atoms with Gasteiger partial charge in [-0.15, -0.1) is 4.91 Å². The second-order valence-corrected chi connectivity index (χ2v) is 9.58. The summed E-state index contributed by atoms with van der Waals surface area (Å²) in [6, 6.07) is 14.5. The zero-order valence-corrected chi connectivity index (χ0v) is 19.5. The fourth-order valence-electron chi connectivity index (χ4n) is 4.95. The van der Waals surface area contributed by atoms with Crippen LogP contribution in [0, 0.1) is 4.91 Å². The van der Waals surface area contributed by atoms with Crippen molar-refractivity contribution in [3.63, 3.8) is 0 Å². The first-order valence-corrected chi connectivity index (χ1v) is 12.0. The number of rotatable bonds is 5. The first-order valence-electron chi connectivity index (χ1n) is 11.2. The molecule has 1 fully saturated rings. The maximum absolute atomic E-state index is 10.6.